The summed E-state index contributed by atoms with van der Waals surface area (Å²) in [6.07, 6.45) is 7.20. The summed E-state index contributed by atoms with van der Waals surface area (Å²) in [7, 11) is 0. The van der Waals surface area contributed by atoms with Gasteiger partial charge in [0.15, 0.2) is 18.9 Å². The normalized spacial score (nSPS) is 18.1. The van der Waals surface area contributed by atoms with Crippen LogP contribution in [-0.4, -0.2) is 12.6 Å². The second-order valence-electron chi connectivity index (χ2n) is 4.70. The Morgan fingerprint density at radius 1 is 1.11 bits per heavy atom. The number of hydrogen-bond donors (Lipinski definition) is 1. The van der Waals surface area contributed by atoms with Crippen LogP contribution in [0.5, 0.6) is 0 Å². The number of pyridine rings is 1. The molecule has 0 aliphatic carbocycles. The van der Waals surface area contributed by atoms with Crippen LogP contribution in [0.4, 0.5) is 0 Å². The molecule has 0 bridgehead atoms. The van der Waals surface area contributed by atoms with Crippen LogP contribution in [0.15, 0.2) is 42.7 Å². The monoisotopic (exact) mass is 372 g/mol. The van der Waals surface area contributed by atoms with Crippen molar-refractivity contribution in [1.29, 1.82) is 0 Å². The van der Waals surface area contributed by atoms with Crippen LogP contribution in [0, 0.1) is 0 Å². The van der Waals surface area contributed by atoms with Crippen molar-refractivity contribution in [2.75, 3.05) is 6.54 Å². The molecular weight excluding hydrogens is 356 g/mol. The van der Waals surface area contributed by atoms with Crippen molar-refractivity contribution < 1.29 is 43.8 Å². The number of benzene rings is 1. The Labute approximate surface area is 129 Å². The Bertz CT molecular complexity index is 496. The minimum absolute atomic E-state index is 0. The molecule has 1 aliphatic rings. The van der Waals surface area contributed by atoms with Gasteiger partial charge in [-0.25, -0.2) is 0 Å². The minimum atomic E-state index is 0. The highest BCUT2D eigenvalue weighted by atomic mass is 79.9. The molecule has 1 saturated heterocycles. The lowest BCUT2D eigenvalue weighted by Crippen LogP contribution is -3.00. The van der Waals surface area contributed by atoms with Crippen molar-refractivity contribution in [3.8, 4) is 0 Å². The zero-order valence-corrected chi connectivity index (χ0v) is 13.4. The zero-order valence-electron chi connectivity index (χ0n) is 10.2. The van der Waals surface area contributed by atoms with Crippen molar-refractivity contribution in [2.45, 2.75) is 25.4 Å². The standard InChI is InChI=1S/C14H17N2.2BrH/c1-2-5-13-10-16(9-7-12(13)4-1)11-14-6-3-8-15-14;;/h1-2,4-5,7,9-10,14-15H,3,6,8,11H2;2*1H/q+1;;/p-1/t14-;;/m0../s1. The molecule has 0 saturated carbocycles. The SMILES string of the molecule is [Br-].[Br-].c1ccc2c[n+](C[C@@H]3CCC[NH2+]3)ccc2c1. The van der Waals surface area contributed by atoms with E-state index in [4.69, 9.17) is 0 Å². The minimum Gasteiger partial charge on any atom is -1.00 e. The first-order chi connectivity index (χ1) is 7.92. The van der Waals surface area contributed by atoms with Crippen molar-refractivity contribution in [2.24, 2.45) is 0 Å². The molecule has 1 fully saturated rings. The maximum atomic E-state index is 2.47. The molecule has 18 heavy (non-hydrogen) atoms. The van der Waals surface area contributed by atoms with E-state index in [2.05, 4.69) is 52.6 Å². The maximum Gasteiger partial charge on any atom is 0.199 e. The van der Waals surface area contributed by atoms with Gasteiger partial charge in [-0.05, 0) is 11.5 Å². The van der Waals surface area contributed by atoms with E-state index >= 15 is 0 Å². The maximum absolute atomic E-state index is 2.47. The molecule has 1 atom stereocenters. The number of fused-ring (bicyclic) bond motifs is 1. The Kier molecular flexibility index (Phi) is 6.26. The molecule has 2 nitrogen and oxygen atoms in total. The number of quaternary nitrogens is 1. The van der Waals surface area contributed by atoms with E-state index in [-0.39, 0.29) is 34.0 Å². The number of hydrogen-bond acceptors (Lipinski definition) is 0. The third-order valence-corrected chi connectivity index (χ3v) is 3.47. The Balaban J connectivity index is 0.000000810. The highest BCUT2D eigenvalue weighted by Crippen LogP contribution is 2.09. The van der Waals surface area contributed by atoms with Gasteiger partial charge in [-0.3, -0.25) is 0 Å². The summed E-state index contributed by atoms with van der Waals surface area (Å²) in [6, 6.07) is 11.5. The molecule has 2 heterocycles. The number of nitrogens with zero attached hydrogens (tertiary/aromatic N) is 1. The summed E-state index contributed by atoms with van der Waals surface area (Å²) in [6.45, 7) is 2.45. The lowest BCUT2D eigenvalue weighted by atomic mass is 10.2. The smallest absolute Gasteiger partial charge is 0.199 e. The van der Waals surface area contributed by atoms with Gasteiger partial charge in [0.25, 0.3) is 0 Å². The molecule has 1 aromatic carbocycles. The van der Waals surface area contributed by atoms with E-state index in [0.29, 0.717) is 0 Å². The average molecular weight is 374 g/mol. The van der Waals surface area contributed by atoms with E-state index in [1.807, 2.05) is 0 Å². The van der Waals surface area contributed by atoms with Gasteiger partial charge in [-0.1, -0.05) is 18.2 Å². The van der Waals surface area contributed by atoms with Gasteiger partial charge in [-0.15, -0.1) is 0 Å². The van der Waals surface area contributed by atoms with Gasteiger partial charge in [-0.2, -0.15) is 4.57 Å². The Hall–Kier alpha value is -0.450. The molecule has 98 valence electrons. The molecule has 1 aromatic heterocycles. The van der Waals surface area contributed by atoms with Gasteiger partial charge < -0.3 is 39.3 Å². The van der Waals surface area contributed by atoms with Crippen LogP contribution in [0.1, 0.15) is 12.8 Å². The molecule has 0 unspecified atom stereocenters. The fourth-order valence-corrected chi connectivity index (χ4v) is 2.58. The van der Waals surface area contributed by atoms with E-state index < -0.39 is 0 Å². The second-order valence-corrected chi connectivity index (χ2v) is 4.70. The molecule has 0 radical (unpaired) electrons. The lowest BCUT2D eigenvalue weighted by molar-refractivity contribution is -0.765. The van der Waals surface area contributed by atoms with Crippen LogP contribution in [0.2, 0.25) is 0 Å². The number of aromatic nitrogens is 1. The molecule has 2 aromatic rings. The summed E-state index contributed by atoms with van der Waals surface area (Å²) in [5.74, 6) is 0. The van der Waals surface area contributed by atoms with Gasteiger partial charge >= 0.3 is 0 Å². The van der Waals surface area contributed by atoms with Crippen molar-refractivity contribution >= 4 is 10.8 Å². The third kappa shape index (κ3) is 3.53. The van der Waals surface area contributed by atoms with E-state index in [9.17, 15) is 0 Å². The predicted octanol–water partition coefficient (Wildman–Crippen LogP) is -5.14. The third-order valence-electron chi connectivity index (χ3n) is 3.47. The quantitative estimate of drug-likeness (QED) is 0.508. The Morgan fingerprint density at radius 3 is 2.61 bits per heavy atom. The van der Waals surface area contributed by atoms with E-state index in [0.717, 1.165) is 12.6 Å². The van der Waals surface area contributed by atoms with Crippen molar-refractivity contribution in [3.05, 3.63) is 42.7 Å². The van der Waals surface area contributed by atoms with Crippen LogP contribution in [-0.2, 0) is 6.54 Å². The van der Waals surface area contributed by atoms with Crippen LogP contribution in [0.25, 0.3) is 10.8 Å². The number of nitrogens with two attached hydrogens (primary N) is 1. The number of halogens is 2. The predicted molar refractivity (Wildman–Crippen MR) is 64.0 cm³/mol. The molecular formula is C14H18Br2N2. The molecule has 0 spiro atoms. The van der Waals surface area contributed by atoms with Gasteiger partial charge in [0.2, 0.25) is 0 Å². The Morgan fingerprint density at radius 2 is 1.89 bits per heavy atom. The average Bonchev–Trinajstić information content (AvgIpc) is 2.82. The molecule has 0 amide bonds. The fraction of sp³-hybridized carbons (Fsp3) is 0.357. The molecule has 4 heteroatoms. The molecule has 2 N–H and O–H groups in total. The first-order valence-electron chi connectivity index (χ1n) is 6.13. The summed E-state index contributed by atoms with van der Waals surface area (Å²) >= 11 is 0. The summed E-state index contributed by atoms with van der Waals surface area (Å²) in [4.78, 5) is 0. The first kappa shape index (κ1) is 15.6. The summed E-state index contributed by atoms with van der Waals surface area (Å²) in [5.41, 5.74) is 0. The van der Waals surface area contributed by atoms with Crippen LogP contribution < -0.4 is 43.8 Å². The summed E-state index contributed by atoms with van der Waals surface area (Å²) < 4.78 is 2.33. The highest BCUT2D eigenvalue weighted by molar-refractivity contribution is 5.80. The van der Waals surface area contributed by atoms with Gasteiger partial charge in [0, 0.05) is 24.3 Å². The van der Waals surface area contributed by atoms with E-state index in [1.54, 1.807) is 0 Å². The van der Waals surface area contributed by atoms with Gasteiger partial charge in [0.1, 0.15) is 6.04 Å². The zero-order chi connectivity index (χ0) is 10.8. The molecule has 3 rings (SSSR count). The van der Waals surface area contributed by atoms with Crippen LogP contribution in [0.3, 0.4) is 0 Å². The second kappa shape index (κ2) is 7.22. The molecule has 1 aliphatic heterocycles. The first-order valence-corrected chi connectivity index (χ1v) is 6.13. The topological polar surface area (TPSA) is 20.5 Å². The lowest BCUT2D eigenvalue weighted by Gasteiger charge is -2.03. The largest absolute Gasteiger partial charge is 1.00 e. The van der Waals surface area contributed by atoms with Gasteiger partial charge in [0.05, 0.1) is 6.54 Å². The summed E-state index contributed by atoms with van der Waals surface area (Å²) in [5, 5.41) is 5.14. The van der Waals surface area contributed by atoms with E-state index in [1.165, 1.54) is 30.2 Å². The van der Waals surface area contributed by atoms with Crippen molar-refractivity contribution in [3.63, 3.8) is 0 Å². The highest BCUT2D eigenvalue weighted by Gasteiger charge is 2.22. The number of rotatable bonds is 2. The van der Waals surface area contributed by atoms with Crippen LogP contribution >= 0.6 is 0 Å². The fourth-order valence-electron chi connectivity index (χ4n) is 2.58. The van der Waals surface area contributed by atoms with Crippen molar-refractivity contribution in [1.82, 2.24) is 0 Å².